The van der Waals surface area contributed by atoms with E-state index in [1.807, 2.05) is 26.0 Å². The molecule has 1 aromatic rings. The second-order valence-corrected chi connectivity index (χ2v) is 6.93. The minimum absolute atomic E-state index is 0.165. The van der Waals surface area contributed by atoms with Gasteiger partial charge >= 0.3 is 5.97 Å². The summed E-state index contributed by atoms with van der Waals surface area (Å²) in [5.41, 5.74) is 5.80. The van der Waals surface area contributed by atoms with Crippen molar-refractivity contribution in [2.24, 2.45) is 11.1 Å². The maximum absolute atomic E-state index is 12.3. The van der Waals surface area contributed by atoms with E-state index in [1.165, 1.54) is 0 Å². The van der Waals surface area contributed by atoms with Crippen LogP contribution in [-0.2, 0) is 11.3 Å². The van der Waals surface area contributed by atoms with E-state index in [-0.39, 0.29) is 5.91 Å². The molecule has 0 saturated heterocycles. The van der Waals surface area contributed by atoms with Gasteiger partial charge < -0.3 is 16.2 Å². The van der Waals surface area contributed by atoms with E-state index in [4.69, 9.17) is 10.8 Å². The van der Waals surface area contributed by atoms with Gasteiger partial charge in [0, 0.05) is 17.6 Å². The lowest BCUT2D eigenvalue weighted by atomic mass is 9.83. The van der Waals surface area contributed by atoms with E-state index in [1.54, 1.807) is 26.0 Å². The van der Waals surface area contributed by atoms with E-state index in [0.717, 1.165) is 5.56 Å². The Morgan fingerprint density at radius 1 is 1.09 bits per heavy atom. The maximum Gasteiger partial charge on any atom is 0.309 e. The predicted molar refractivity (Wildman–Crippen MR) is 86.5 cm³/mol. The summed E-state index contributed by atoms with van der Waals surface area (Å²) in [5, 5.41) is 12.1. The van der Waals surface area contributed by atoms with E-state index < -0.39 is 16.9 Å². The molecule has 1 amide bonds. The second kappa shape index (κ2) is 6.92. The van der Waals surface area contributed by atoms with Crippen LogP contribution in [0.1, 0.15) is 56.5 Å². The molecule has 0 bridgehead atoms. The zero-order chi connectivity index (χ0) is 17.0. The fraction of sp³-hybridized carbons (Fsp3) is 0.529. The molecule has 0 spiro atoms. The van der Waals surface area contributed by atoms with Gasteiger partial charge in [-0.15, -0.1) is 0 Å². The molecule has 0 heterocycles. The van der Waals surface area contributed by atoms with Crippen LogP contribution in [0.15, 0.2) is 24.3 Å². The third kappa shape index (κ3) is 5.15. The zero-order valence-corrected chi connectivity index (χ0v) is 13.8. The van der Waals surface area contributed by atoms with Crippen LogP contribution in [-0.4, -0.2) is 22.5 Å². The lowest BCUT2D eigenvalue weighted by Crippen LogP contribution is -2.44. The fourth-order valence-electron chi connectivity index (χ4n) is 1.97. The van der Waals surface area contributed by atoms with Gasteiger partial charge in [-0.25, -0.2) is 0 Å². The molecule has 1 aromatic carbocycles. The summed E-state index contributed by atoms with van der Waals surface area (Å²) in [5.74, 6) is -0.992. The molecule has 0 aliphatic rings. The van der Waals surface area contributed by atoms with E-state index in [9.17, 15) is 9.59 Å². The van der Waals surface area contributed by atoms with Crippen molar-refractivity contribution < 1.29 is 14.7 Å². The molecule has 0 saturated carbocycles. The molecule has 4 N–H and O–H groups in total. The molecular weight excluding hydrogens is 280 g/mol. The average Bonchev–Trinajstić information content (AvgIpc) is 2.45. The number of hydrogen-bond acceptors (Lipinski definition) is 3. The standard InChI is InChI=1S/C17H26N2O3/c1-16(2,15(21)22)9-10-17(3,4)19-14(20)13-7-5-12(11-18)6-8-13/h5-8H,9-11,18H2,1-4H3,(H,19,20)(H,21,22). The number of rotatable bonds is 7. The molecule has 5 nitrogen and oxygen atoms in total. The van der Waals surface area contributed by atoms with Crippen LogP contribution in [0.5, 0.6) is 0 Å². The van der Waals surface area contributed by atoms with E-state index in [2.05, 4.69) is 5.32 Å². The second-order valence-electron chi connectivity index (χ2n) is 6.93. The quantitative estimate of drug-likeness (QED) is 0.722. The van der Waals surface area contributed by atoms with Crippen molar-refractivity contribution >= 4 is 11.9 Å². The molecule has 1 rings (SSSR count). The number of carboxylic acids is 1. The molecule has 5 heteroatoms. The van der Waals surface area contributed by atoms with Gasteiger partial charge in [-0.05, 0) is 58.2 Å². The van der Waals surface area contributed by atoms with Crippen molar-refractivity contribution in [1.82, 2.24) is 5.32 Å². The molecule has 0 aliphatic heterocycles. The van der Waals surface area contributed by atoms with Crippen LogP contribution in [0.4, 0.5) is 0 Å². The molecular formula is C17H26N2O3. The first-order chi connectivity index (χ1) is 10.1. The lowest BCUT2D eigenvalue weighted by Gasteiger charge is -2.30. The van der Waals surface area contributed by atoms with Crippen molar-refractivity contribution in [2.45, 2.75) is 52.6 Å². The molecule has 0 aromatic heterocycles. The topological polar surface area (TPSA) is 92.4 Å². The first-order valence-corrected chi connectivity index (χ1v) is 7.42. The largest absolute Gasteiger partial charge is 0.481 e. The van der Waals surface area contributed by atoms with Crippen LogP contribution in [0.25, 0.3) is 0 Å². The van der Waals surface area contributed by atoms with Crippen molar-refractivity contribution in [3.8, 4) is 0 Å². The van der Waals surface area contributed by atoms with Crippen molar-refractivity contribution in [3.05, 3.63) is 35.4 Å². The molecule has 0 radical (unpaired) electrons. The SMILES string of the molecule is CC(C)(CCC(C)(C)C(=O)O)NC(=O)c1ccc(CN)cc1. The van der Waals surface area contributed by atoms with Gasteiger partial charge in [-0.2, -0.15) is 0 Å². The molecule has 122 valence electrons. The minimum Gasteiger partial charge on any atom is -0.481 e. The van der Waals surface area contributed by atoms with E-state index >= 15 is 0 Å². The summed E-state index contributed by atoms with van der Waals surface area (Å²) >= 11 is 0. The first kappa shape index (κ1) is 18.2. The number of amides is 1. The summed E-state index contributed by atoms with van der Waals surface area (Å²) in [6.07, 6.45) is 1.07. The number of nitrogens with one attached hydrogen (secondary N) is 1. The molecule has 0 aliphatic carbocycles. The Morgan fingerprint density at radius 3 is 2.09 bits per heavy atom. The Labute approximate surface area is 131 Å². The van der Waals surface area contributed by atoms with Crippen LogP contribution >= 0.6 is 0 Å². The van der Waals surface area contributed by atoms with Crippen LogP contribution in [0.2, 0.25) is 0 Å². The molecule has 0 atom stereocenters. The van der Waals surface area contributed by atoms with Gasteiger partial charge in [-0.3, -0.25) is 9.59 Å². The number of aliphatic carboxylic acids is 1. The summed E-state index contributed by atoms with van der Waals surface area (Å²) < 4.78 is 0. The van der Waals surface area contributed by atoms with Crippen LogP contribution in [0.3, 0.4) is 0 Å². The number of hydrogen-bond donors (Lipinski definition) is 3. The highest BCUT2D eigenvalue weighted by molar-refractivity contribution is 5.94. The van der Waals surface area contributed by atoms with Gasteiger partial charge in [0.2, 0.25) is 0 Å². The smallest absolute Gasteiger partial charge is 0.309 e. The van der Waals surface area contributed by atoms with E-state index in [0.29, 0.717) is 24.9 Å². The molecule has 0 unspecified atom stereocenters. The Balaban J connectivity index is 2.66. The van der Waals surface area contributed by atoms with Crippen molar-refractivity contribution in [1.29, 1.82) is 0 Å². The summed E-state index contributed by atoms with van der Waals surface area (Å²) in [7, 11) is 0. The van der Waals surface area contributed by atoms with Gasteiger partial charge in [-0.1, -0.05) is 12.1 Å². The minimum atomic E-state index is -0.827. The number of carboxylic acid groups (broad SMARTS) is 1. The monoisotopic (exact) mass is 306 g/mol. The van der Waals surface area contributed by atoms with Crippen LogP contribution in [0, 0.1) is 5.41 Å². The number of nitrogens with two attached hydrogens (primary N) is 1. The Bertz CT molecular complexity index is 533. The third-order valence-electron chi connectivity index (χ3n) is 3.86. The molecule has 0 fully saturated rings. The highest BCUT2D eigenvalue weighted by atomic mass is 16.4. The average molecular weight is 306 g/mol. The first-order valence-electron chi connectivity index (χ1n) is 7.42. The maximum atomic E-state index is 12.3. The normalized spacial score (nSPS) is 12.0. The summed E-state index contributed by atoms with van der Waals surface area (Å²) in [6.45, 7) is 7.63. The van der Waals surface area contributed by atoms with Crippen molar-refractivity contribution in [2.75, 3.05) is 0 Å². The lowest BCUT2D eigenvalue weighted by molar-refractivity contribution is -0.147. The number of carbonyl (C=O) groups excluding carboxylic acids is 1. The highest BCUT2D eigenvalue weighted by Gasteiger charge is 2.31. The predicted octanol–water partition coefficient (Wildman–Crippen LogP) is 2.54. The van der Waals surface area contributed by atoms with Gasteiger partial charge in [0.1, 0.15) is 0 Å². The highest BCUT2D eigenvalue weighted by Crippen LogP contribution is 2.26. The van der Waals surface area contributed by atoms with Gasteiger partial charge in [0.15, 0.2) is 0 Å². The Kier molecular flexibility index (Phi) is 5.72. The molecule has 22 heavy (non-hydrogen) atoms. The number of carbonyl (C=O) groups is 2. The van der Waals surface area contributed by atoms with Gasteiger partial charge in [0.05, 0.1) is 5.41 Å². The Hall–Kier alpha value is -1.88. The third-order valence-corrected chi connectivity index (χ3v) is 3.86. The Morgan fingerprint density at radius 2 is 1.64 bits per heavy atom. The summed E-state index contributed by atoms with van der Waals surface area (Å²) in [4.78, 5) is 23.4. The van der Waals surface area contributed by atoms with Crippen molar-refractivity contribution in [3.63, 3.8) is 0 Å². The summed E-state index contributed by atoms with van der Waals surface area (Å²) in [6, 6.07) is 7.15. The van der Waals surface area contributed by atoms with Crippen LogP contribution < -0.4 is 11.1 Å². The fourth-order valence-corrected chi connectivity index (χ4v) is 1.97. The number of benzene rings is 1. The zero-order valence-electron chi connectivity index (χ0n) is 13.8. The van der Waals surface area contributed by atoms with Gasteiger partial charge in [0.25, 0.3) is 5.91 Å².